The van der Waals surface area contributed by atoms with Crippen molar-refractivity contribution in [2.24, 2.45) is 0 Å². The van der Waals surface area contributed by atoms with Crippen molar-refractivity contribution < 1.29 is 8.42 Å². The van der Waals surface area contributed by atoms with Crippen molar-refractivity contribution in [3.63, 3.8) is 0 Å². The molecule has 0 fully saturated rings. The molecule has 0 aromatic heterocycles. The van der Waals surface area contributed by atoms with Crippen LogP contribution < -0.4 is 0 Å². The molecule has 0 saturated carbocycles. The van der Waals surface area contributed by atoms with Crippen LogP contribution in [0.4, 0.5) is 0 Å². The van der Waals surface area contributed by atoms with Gasteiger partial charge in [-0.05, 0) is 30.0 Å². The number of hydrogen-bond acceptors (Lipinski definition) is 2. The van der Waals surface area contributed by atoms with Crippen molar-refractivity contribution in [2.45, 2.75) is 18.1 Å². The zero-order chi connectivity index (χ0) is 10.3. The van der Waals surface area contributed by atoms with Gasteiger partial charge in [0.2, 0.25) is 9.05 Å². The van der Waals surface area contributed by atoms with Crippen molar-refractivity contribution in [1.82, 2.24) is 0 Å². The molecule has 0 spiro atoms. The molecule has 0 radical (unpaired) electrons. The van der Waals surface area contributed by atoms with Crippen molar-refractivity contribution in [3.8, 4) is 0 Å². The van der Waals surface area contributed by atoms with Crippen LogP contribution in [-0.2, 0) is 15.5 Å². The van der Waals surface area contributed by atoms with E-state index in [1.165, 1.54) is 0 Å². The minimum atomic E-state index is -3.48. The first-order valence-electron chi connectivity index (χ1n) is 4.21. The molecule has 1 aliphatic carbocycles. The van der Waals surface area contributed by atoms with E-state index in [4.69, 9.17) is 10.7 Å². The second-order valence-electron chi connectivity index (χ2n) is 3.31. The summed E-state index contributed by atoms with van der Waals surface area (Å²) in [6, 6.07) is 5.59. The van der Waals surface area contributed by atoms with Crippen molar-refractivity contribution in [3.05, 3.63) is 33.8 Å². The first-order chi connectivity index (χ1) is 6.50. The zero-order valence-electron chi connectivity index (χ0n) is 7.20. The quantitative estimate of drug-likeness (QED) is 0.746. The number of benzene rings is 1. The molecule has 2 rings (SSSR count). The van der Waals surface area contributed by atoms with Gasteiger partial charge in [0, 0.05) is 15.2 Å². The minimum absolute atomic E-state index is 0.531. The van der Waals surface area contributed by atoms with Crippen LogP contribution in [0.25, 0.3) is 0 Å². The molecule has 0 saturated heterocycles. The van der Waals surface area contributed by atoms with Crippen molar-refractivity contribution in [2.75, 3.05) is 0 Å². The topological polar surface area (TPSA) is 34.1 Å². The van der Waals surface area contributed by atoms with Gasteiger partial charge in [-0.3, -0.25) is 0 Å². The molecule has 0 aliphatic heterocycles. The molecule has 0 N–H and O–H groups in total. The lowest BCUT2D eigenvalue weighted by Gasteiger charge is -2.07. The number of rotatable bonds is 1. The van der Waals surface area contributed by atoms with Gasteiger partial charge in [-0.2, -0.15) is 0 Å². The van der Waals surface area contributed by atoms with E-state index in [1.807, 2.05) is 18.2 Å². The molecule has 1 aromatic rings. The lowest BCUT2D eigenvalue weighted by atomic mass is 10.1. The fourth-order valence-electron chi connectivity index (χ4n) is 1.86. The van der Waals surface area contributed by atoms with E-state index >= 15 is 0 Å². The highest BCUT2D eigenvalue weighted by atomic mass is 79.9. The molecule has 0 amide bonds. The van der Waals surface area contributed by atoms with Gasteiger partial charge in [0.1, 0.15) is 5.25 Å². The Labute approximate surface area is 95.8 Å². The highest BCUT2D eigenvalue weighted by Gasteiger charge is 2.32. The number of halogens is 2. The van der Waals surface area contributed by atoms with E-state index in [1.54, 1.807) is 0 Å². The highest BCUT2D eigenvalue weighted by molar-refractivity contribution is 9.10. The molecule has 14 heavy (non-hydrogen) atoms. The molecule has 2 nitrogen and oxygen atoms in total. The van der Waals surface area contributed by atoms with E-state index in [2.05, 4.69) is 15.9 Å². The second-order valence-corrected chi connectivity index (χ2v) is 6.98. The van der Waals surface area contributed by atoms with Gasteiger partial charge in [0.15, 0.2) is 0 Å². The Balaban J connectivity index is 2.56. The average Bonchev–Trinajstić information content (AvgIpc) is 2.47. The van der Waals surface area contributed by atoms with Crippen LogP contribution in [0.2, 0.25) is 0 Å². The standard InChI is InChI=1S/C9H8BrClO2S/c10-8-3-1-2-7-6(8)4-5-9(7)14(11,12)13/h1-3,9H,4-5H2. The Morgan fingerprint density at radius 1 is 1.43 bits per heavy atom. The maximum atomic E-state index is 11.3. The summed E-state index contributed by atoms with van der Waals surface area (Å²) in [5, 5.41) is -0.531. The summed E-state index contributed by atoms with van der Waals surface area (Å²) in [4.78, 5) is 0. The van der Waals surface area contributed by atoms with Crippen LogP contribution >= 0.6 is 26.6 Å². The van der Waals surface area contributed by atoms with Crippen molar-refractivity contribution in [1.29, 1.82) is 0 Å². The molecule has 1 aromatic carbocycles. The first-order valence-corrected chi connectivity index (χ1v) is 7.37. The SMILES string of the molecule is O=S(=O)(Cl)C1CCc2c(Br)cccc21. The van der Waals surface area contributed by atoms with Crippen LogP contribution in [-0.4, -0.2) is 8.42 Å². The van der Waals surface area contributed by atoms with E-state index in [9.17, 15) is 8.42 Å². The van der Waals surface area contributed by atoms with Gasteiger partial charge < -0.3 is 0 Å². The van der Waals surface area contributed by atoms with Crippen LogP contribution in [0, 0.1) is 0 Å². The Morgan fingerprint density at radius 2 is 2.14 bits per heavy atom. The molecule has 5 heteroatoms. The van der Waals surface area contributed by atoms with Gasteiger partial charge in [-0.1, -0.05) is 28.1 Å². The highest BCUT2D eigenvalue weighted by Crippen LogP contribution is 2.41. The van der Waals surface area contributed by atoms with Crippen LogP contribution in [0.15, 0.2) is 22.7 Å². The Morgan fingerprint density at radius 3 is 2.79 bits per heavy atom. The van der Waals surface area contributed by atoms with Gasteiger partial charge in [-0.15, -0.1) is 0 Å². The summed E-state index contributed by atoms with van der Waals surface area (Å²) in [5.41, 5.74) is 1.91. The van der Waals surface area contributed by atoms with E-state index in [0.29, 0.717) is 6.42 Å². The molecule has 0 bridgehead atoms. The number of fused-ring (bicyclic) bond motifs is 1. The lowest BCUT2D eigenvalue weighted by molar-refractivity contribution is 0.595. The van der Waals surface area contributed by atoms with Crippen LogP contribution in [0.5, 0.6) is 0 Å². The number of hydrogen-bond donors (Lipinski definition) is 0. The summed E-state index contributed by atoms with van der Waals surface area (Å²) in [6.45, 7) is 0. The molecule has 76 valence electrons. The third kappa shape index (κ3) is 1.71. The third-order valence-electron chi connectivity index (χ3n) is 2.50. The van der Waals surface area contributed by atoms with Gasteiger partial charge in [-0.25, -0.2) is 8.42 Å². The Hall–Kier alpha value is -0.0600. The largest absolute Gasteiger partial charge is 0.239 e. The Kier molecular flexibility index (Phi) is 2.62. The summed E-state index contributed by atoms with van der Waals surface area (Å²) in [5.74, 6) is 0. The second kappa shape index (κ2) is 3.51. The van der Waals surface area contributed by atoms with E-state index in [-0.39, 0.29) is 0 Å². The summed E-state index contributed by atoms with van der Waals surface area (Å²) in [6.07, 6.45) is 1.36. The normalized spacial score (nSPS) is 20.9. The average molecular weight is 296 g/mol. The van der Waals surface area contributed by atoms with Gasteiger partial charge >= 0.3 is 0 Å². The minimum Gasteiger partial charge on any atom is -0.212 e. The van der Waals surface area contributed by atoms with Gasteiger partial charge in [0.25, 0.3) is 0 Å². The maximum Gasteiger partial charge on any atom is 0.239 e. The molecular formula is C9H8BrClO2S. The molecule has 1 unspecified atom stereocenters. The smallest absolute Gasteiger partial charge is 0.212 e. The van der Waals surface area contributed by atoms with E-state index < -0.39 is 14.3 Å². The monoisotopic (exact) mass is 294 g/mol. The maximum absolute atomic E-state index is 11.3. The zero-order valence-corrected chi connectivity index (χ0v) is 10.4. The fourth-order valence-corrected chi connectivity index (χ4v) is 3.92. The summed E-state index contributed by atoms with van der Waals surface area (Å²) < 4.78 is 23.5. The van der Waals surface area contributed by atoms with Crippen molar-refractivity contribution >= 4 is 35.7 Å². The summed E-state index contributed by atoms with van der Waals surface area (Å²) in [7, 11) is 1.90. The summed E-state index contributed by atoms with van der Waals surface area (Å²) >= 11 is 3.40. The molecule has 1 aliphatic rings. The van der Waals surface area contributed by atoms with Crippen LogP contribution in [0.3, 0.4) is 0 Å². The third-order valence-corrected chi connectivity index (χ3v) is 5.06. The molecular weight excluding hydrogens is 288 g/mol. The van der Waals surface area contributed by atoms with Crippen LogP contribution in [0.1, 0.15) is 22.8 Å². The lowest BCUT2D eigenvalue weighted by Crippen LogP contribution is -2.02. The Bertz CT molecular complexity index is 470. The predicted molar refractivity (Wildman–Crippen MR) is 60.0 cm³/mol. The van der Waals surface area contributed by atoms with E-state index in [0.717, 1.165) is 22.0 Å². The molecule has 1 atom stereocenters. The predicted octanol–water partition coefficient (Wildman–Crippen LogP) is 3.01. The van der Waals surface area contributed by atoms with Gasteiger partial charge in [0.05, 0.1) is 0 Å². The first kappa shape index (κ1) is 10.5. The molecule has 0 heterocycles. The fraction of sp³-hybridized carbons (Fsp3) is 0.333.